The summed E-state index contributed by atoms with van der Waals surface area (Å²) in [6, 6.07) is 5.19. The predicted molar refractivity (Wildman–Crippen MR) is 89.4 cm³/mol. The van der Waals surface area contributed by atoms with E-state index in [2.05, 4.69) is 5.32 Å². The summed E-state index contributed by atoms with van der Waals surface area (Å²) in [4.78, 5) is 24.1. The number of amides is 1. The fourth-order valence-corrected chi connectivity index (χ4v) is 2.05. The summed E-state index contributed by atoms with van der Waals surface area (Å²) >= 11 is 0. The number of ether oxygens (including phenoxy) is 2. The molecule has 1 N–H and O–H groups in total. The van der Waals surface area contributed by atoms with E-state index in [1.165, 1.54) is 5.56 Å². The number of esters is 1. The third-order valence-corrected chi connectivity index (χ3v) is 3.27. The number of carbonyl (C=O) groups excluding carboxylic acids is 2. The molecule has 0 aliphatic carbocycles. The number of carbonyl (C=O) groups is 2. The molecule has 0 aliphatic rings. The van der Waals surface area contributed by atoms with Crippen molar-refractivity contribution < 1.29 is 19.1 Å². The van der Waals surface area contributed by atoms with Crippen molar-refractivity contribution in [2.45, 2.75) is 59.6 Å². The zero-order valence-corrected chi connectivity index (χ0v) is 14.9. The number of nitrogens with one attached hydrogen (secondary N) is 1. The van der Waals surface area contributed by atoms with Gasteiger partial charge in [0.25, 0.3) is 0 Å². The molecule has 1 aromatic carbocycles. The van der Waals surface area contributed by atoms with E-state index in [9.17, 15) is 9.59 Å². The Bertz CT molecular complexity index is 561. The Kier molecular flexibility index (Phi) is 6.61. The molecule has 128 valence electrons. The van der Waals surface area contributed by atoms with Crippen LogP contribution in [-0.2, 0) is 20.7 Å². The highest BCUT2D eigenvalue weighted by Crippen LogP contribution is 2.13. The lowest BCUT2D eigenvalue weighted by Crippen LogP contribution is -2.45. The van der Waals surface area contributed by atoms with Gasteiger partial charge >= 0.3 is 12.1 Å². The monoisotopic (exact) mass is 321 g/mol. The van der Waals surface area contributed by atoms with Gasteiger partial charge in [-0.25, -0.2) is 9.59 Å². The van der Waals surface area contributed by atoms with Gasteiger partial charge in [0.05, 0.1) is 6.61 Å². The van der Waals surface area contributed by atoms with Crippen molar-refractivity contribution in [2.24, 2.45) is 0 Å². The lowest BCUT2D eigenvalue weighted by atomic mass is 10.0. The van der Waals surface area contributed by atoms with Gasteiger partial charge in [0.2, 0.25) is 0 Å². The molecule has 1 unspecified atom stereocenters. The number of rotatable bonds is 5. The fourth-order valence-electron chi connectivity index (χ4n) is 2.05. The molecule has 0 aliphatic heterocycles. The SMILES string of the molecule is CCOC(=O)C(Cc1ccc(C)c(C)c1)NC(=O)OC(C)(C)C. The largest absolute Gasteiger partial charge is 0.464 e. The zero-order chi connectivity index (χ0) is 17.6. The lowest BCUT2D eigenvalue weighted by molar-refractivity contribution is -0.145. The van der Waals surface area contributed by atoms with E-state index < -0.39 is 23.7 Å². The van der Waals surface area contributed by atoms with E-state index in [0.29, 0.717) is 6.42 Å². The molecule has 0 fully saturated rings. The van der Waals surface area contributed by atoms with Crippen molar-refractivity contribution in [2.75, 3.05) is 6.61 Å². The molecule has 0 heterocycles. The van der Waals surface area contributed by atoms with Crippen LogP contribution in [0.25, 0.3) is 0 Å². The quantitative estimate of drug-likeness (QED) is 0.845. The number of alkyl carbamates (subject to hydrolysis) is 1. The second-order valence-electron chi connectivity index (χ2n) is 6.57. The predicted octanol–water partition coefficient (Wildman–Crippen LogP) is 3.30. The highest BCUT2D eigenvalue weighted by Gasteiger charge is 2.25. The van der Waals surface area contributed by atoms with Crippen LogP contribution in [0.4, 0.5) is 4.79 Å². The molecule has 0 spiro atoms. The van der Waals surface area contributed by atoms with Gasteiger partial charge in [-0.3, -0.25) is 0 Å². The maximum atomic E-state index is 12.1. The molecule has 1 amide bonds. The zero-order valence-electron chi connectivity index (χ0n) is 14.9. The van der Waals surface area contributed by atoms with Gasteiger partial charge in [-0.2, -0.15) is 0 Å². The molecule has 5 nitrogen and oxygen atoms in total. The molecule has 0 aromatic heterocycles. The second-order valence-corrected chi connectivity index (χ2v) is 6.57. The van der Waals surface area contributed by atoms with Gasteiger partial charge in [-0.15, -0.1) is 0 Å². The highest BCUT2D eigenvalue weighted by atomic mass is 16.6. The summed E-state index contributed by atoms with van der Waals surface area (Å²) in [7, 11) is 0. The van der Waals surface area contributed by atoms with E-state index in [0.717, 1.165) is 11.1 Å². The molecular weight excluding hydrogens is 294 g/mol. The summed E-state index contributed by atoms with van der Waals surface area (Å²) < 4.78 is 10.3. The highest BCUT2D eigenvalue weighted by molar-refractivity contribution is 5.81. The molecule has 0 saturated heterocycles. The van der Waals surface area contributed by atoms with Crippen LogP contribution in [0.1, 0.15) is 44.4 Å². The third kappa shape index (κ3) is 6.72. The van der Waals surface area contributed by atoms with Gasteiger partial charge in [0.15, 0.2) is 0 Å². The molecule has 1 aromatic rings. The van der Waals surface area contributed by atoms with E-state index in [1.807, 2.05) is 32.0 Å². The number of benzene rings is 1. The van der Waals surface area contributed by atoms with Crippen LogP contribution in [0.2, 0.25) is 0 Å². The Hall–Kier alpha value is -2.04. The molecule has 0 radical (unpaired) electrons. The number of aryl methyl sites for hydroxylation is 2. The minimum absolute atomic E-state index is 0.262. The summed E-state index contributed by atoms with van der Waals surface area (Å²) in [5.74, 6) is -0.461. The standard InChI is InChI=1S/C18H27NO4/c1-7-22-16(20)15(19-17(21)23-18(4,5)6)11-14-9-8-12(2)13(3)10-14/h8-10,15H,7,11H2,1-6H3,(H,19,21). The van der Waals surface area contributed by atoms with Crippen molar-refractivity contribution in [1.29, 1.82) is 0 Å². The topological polar surface area (TPSA) is 64.6 Å². The molecule has 0 bridgehead atoms. The Labute approximate surface area is 138 Å². The summed E-state index contributed by atoms with van der Waals surface area (Å²) in [6.07, 6.45) is -0.265. The van der Waals surface area contributed by atoms with E-state index in [1.54, 1.807) is 27.7 Å². The minimum Gasteiger partial charge on any atom is -0.464 e. The minimum atomic E-state index is -0.771. The molecular formula is C18H27NO4. The smallest absolute Gasteiger partial charge is 0.408 e. The third-order valence-electron chi connectivity index (χ3n) is 3.27. The maximum Gasteiger partial charge on any atom is 0.408 e. The second kappa shape index (κ2) is 7.99. The van der Waals surface area contributed by atoms with Crippen molar-refractivity contribution in [3.63, 3.8) is 0 Å². The Morgan fingerprint density at radius 3 is 2.35 bits per heavy atom. The Morgan fingerprint density at radius 1 is 1.17 bits per heavy atom. The van der Waals surface area contributed by atoms with Crippen LogP contribution in [0.15, 0.2) is 18.2 Å². The number of hydrogen-bond donors (Lipinski definition) is 1. The van der Waals surface area contributed by atoms with Gasteiger partial charge < -0.3 is 14.8 Å². The normalized spacial score (nSPS) is 12.4. The van der Waals surface area contributed by atoms with Crippen molar-refractivity contribution in [1.82, 2.24) is 5.32 Å². The first-order valence-corrected chi connectivity index (χ1v) is 7.84. The fraction of sp³-hybridized carbons (Fsp3) is 0.556. The lowest BCUT2D eigenvalue weighted by Gasteiger charge is -2.23. The first-order chi connectivity index (χ1) is 10.6. The van der Waals surface area contributed by atoms with Gasteiger partial charge in [0, 0.05) is 6.42 Å². The number of hydrogen-bond acceptors (Lipinski definition) is 4. The maximum absolute atomic E-state index is 12.1. The average Bonchev–Trinajstić information content (AvgIpc) is 2.40. The van der Waals surface area contributed by atoms with Crippen molar-refractivity contribution in [3.8, 4) is 0 Å². The first kappa shape index (κ1) is 19.0. The van der Waals surface area contributed by atoms with Crippen LogP contribution < -0.4 is 5.32 Å². The molecule has 23 heavy (non-hydrogen) atoms. The molecule has 0 saturated carbocycles. The summed E-state index contributed by atoms with van der Waals surface area (Å²) in [6.45, 7) is 11.4. The van der Waals surface area contributed by atoms with E-state index in [-0.39, 0.29) is 6.61 Å². The van der Waals surface area contributed by atoms with Crippen LogP contribution >= 0.6 is 0 Å². The van der Waals surface area contributed by atoms with Gasteiger partial charge in [0.1, 0.15) is 11.6 Å². The molecule has 1 rings (SSSR count). The van der Waals surface area contributed by atoms with Crippen LogP contribution in [0.5, 0.6) is 0 Å². The van der Waals surface area contributed by atoms with Gasteiger partial charge in [-0.1, -0.05) is 18.2 Å². The van der Waals surface area contributed by atoms with Gasteiger partial charge in [-0.05, 0) is 58.2 Å². The van der Waals surface area contributed by atoms with E-state index in [4.69, 9.17) is 9.47 Å². The molecule has 1 atom stereocenters. The van der Waals surface area contributed by atoms with Crippen LogP contribution in [0.3, 0.4) is 0 Å². The van der Waals surface area contributed by atoms with Crippen molar-refractivity contribution in [3.05, 3.63) is 34.9 Å². The van der Waals surface area contributed by atoms with Crippen LogP contribution in [-0.4, -0.2) is 30.3 Å². The Balaban J connectivity index is 2.85. The van der Waals surface area contributed by atoms with Crippen molar-refractivity contribution >= 4 is 12.1 Å². The van der Waals surface area contributed by atoms with E-state index >= 15 is 0 Å². The Morgan fingerprint density at radius 2 is 1.83 bits per heavy atom. The average molecular weight is 321 g/mol. The van der Waals surface area contributed by atoms with Crippen LogP contribution in [0, 0.1) is 13.8 Å². The summed E-state index contributed by atoms with van der Waals surface area (Å²) in [5, 5.41) is 2.61. The first-order valence-electron chi connectivity index (χ1n) is 7.84. The summed E-state index contributed by atoms with van der Waals surface area (Å²) in [5.41, 5.74) is 2.66. The molecule has 5 heteroatoms.